The van der Waals surface area contributed by atoms with Crippen LogP contribution < -0.4 is 14.8 Å². The molecule has 0 radical (unpaired) electrons. The molecule has 6 nitrogen and oxygen atoms in total. The molecular weight excluding hydrogens is 378 g/mol. The van der Waals surface area contributed by atoms with E-state index in [9.17, 15) is 4.79 Å². The standard InChI is InChI=1S/C21H20ClN3O3/c1-14-18(13-24-25(14)17-4-2-3-16(22)12-17)21(26)23-8-7-15-5-6-19-20(11-15)28-10-9-27-19/h2-6,11-13H,7-10H2,1H3,(H,23,26). The smallest absolute Gasteiger partial charge is 0.254 e. The minimum absolute atomic E-state index is 0.150. The molecule has 0 fully saturated rings. The second-order valence-electron chi connectivity index (χ2n) is 6.52. The van der Waals surface area contributed by atoms with E-state index in [0.29, 0.717) is 36.8 Å². The third-order valence-corrected chi connectivity index (χ3v) is 4.85. The third-order valence-electron chi connectivity index (χ3n) is 4.61. The third kappa shape index (κ3) is 3.82. The Bertz CT molecular complexity index is 1020. The van der Waals surface area contributed by atoms with Crippen molar-refractivity contribution in [3.63, 3.8) is 0 Å². The molecule has 0 aliphatic carbocycles. The molecule has 2 heterocycles. The molecule has 1 aliphatic heterocycles. The summed E-state index contributed by atoms with van der Waals surface area (Å²) in [5.41, 5.74) is 3.21. The normalized spacial score (nSPS) is 12.6. The summed E-state index contributed by atoms with van der Waals surface area (Å²) in [4.78, 5) is 12.6. The van der Waals surface area contributed by atoms with Crippen LogP contribution in [0.3, 0.4) is 0 Å². The lowest BCUT2D eigenvalue weighted by molar-refractivity contribution is 0.0953. The molecule has 0 saturated heterocycles. The molecule has 2 aromatic carbocycles. The molecule has 1 aromatic heterocycles. The molecule has 0 saturated carbocycles. The van der Waals surface area contributed by atoms with Crippen LogP contribution in [-0.2, 0) is 6.42 Å². The SMILES string of the molecule is Cc1c(C(=O)NCCc2ccc3c(c2)OCCO3)cnn1-c1cccc(Cl)c1. The predicted octanol–water partition coefficient (Wildman–Crippen LogP) is 3.58. The summed E-state index contributed by atoms with van der Waals surface area (Å²) in [7, 11) is 0. The topological polar surface area (TPSA) is 65.4 Å². The molecule has 0 unspecified atom stereocenters. The number of halogens is 1. The van der Waals surface area contributed by atoms with E-state index in [-0.39, 0.29) is 5.91 Å². The van der Waals surface area contributed by atoms with Crippen LogP contribution in [0.2, 0.25) is 5.02 Å². The van der Waals surface area contributed by atoms with E-state index in [1.54, 1.807) is 16.9 Å². The van der Waals surface area contributed by atoms with Gasteiger partial charge in [-0.2, -0.15) is 5.10 Å². The van der Waals surface area contributed by atoms with Crippen molar-refractivity contribution in [2.24, 2.45) is 0 Å². The number of fused-ring (bicyclic) bond motifs is 1. The van der Waals surface area contributed by atoms with Gasteiger partial charge in [-0.05, 0) is 49.2 Å². The van der Waals surface area contributed by atoms with Crippen LogP contribution in [-0.4, -0.2) is 35.4 Å². The number of nitrogens with zero attached hydrogens (tertiary/aromatic N) is 2. The monoisotopic (exact) mass is 397 g/mol. The van der Waals surface area contributed by atoms with Crippen LogP contribution in [0.5, 0.6) is 11.5 Å². The van der Waals surface area contributed by atoms with Crippen molar-refractivity contribution < 1.29 is 14.3 Å². The average Bonchev–Trinajstić information content (AvgIpc) is 3.09. The van der Waals surface area contributed by atoms with Gasteiger partial charge in [0.2, 0.25) is 0 Å². The van der Waals surface area contributed by atoms with E-state index in [1.165, 1.54) is 0 Å². The molecule has 1 N–H and O–H groups in total. The van der Waals surface area contributed by atoms with Crippen LogP contribution in [0.4, 0.5) is 0 Å². The predicted molar refractivity (Wildman–Crippen MR) is 107 cm³/mol. The van der Waals surface area contributed by atoms with Crippen molar-refractivity contribution in [1.29, 1.82) is 0 Å². The highest BCUT2D eigenvalue weighted by Gasteiger charge is 2.16. The van der Waals surface area contributed by atoms with Crippen molar-refractivity contribution in [2.45, 2.75) is 13.3 Å². The van der Waals surface area contributed by atoms with Gasteiger partial charge in [0.05, 0.1) is 23.1 Å². The maximum Gasteiger partial charge on any atom is 0.254 e. The van der Waals surface area contributed by atoms with Crippen LogP contribution in [0, 0.1) is 6.92 Å². The van der Waals surface area contributed by atoms with Crippen LogP contribution >= 0.6 is 11.6 Å². The lowest BCUT2D eigenvalue weighted by Crippen LogP contribution is -2.26. The number of carbonyl (C=O) groups is 1. The summed E-state index contributed by atoms with van der Waals surface area (Å²) in [5, 5.41) is 7.91. The number of ether oxygens (including phenoxy) is 2. The molecule has 3 aromatic rings. The minimum atomic E-state index is -0.150. The molecular formula is C21H20ClN3O3. The Balaban J connectivity index is 1.39. The summed E-state index contributed by atoms with van der Waals surface area (Å²) in [5.74, 6) is 1.38. The molecule has 0 bridgehead atoms. The first-order valence-corrected chi connectivity index (χ1v) is 9.47. The first-order valence-electron chi connectivity index (χ1n) is 9.09. The molecule has 4 rings (SSSR count). The van der Waals surface area contributed by atoms with E-state index in [4.69, 9.17) is 21.1 Å². The lowest BCUT2D eigenvalue weighted by atomic mass is 10.1. The van der Waals surface area contributed by atoms with E-state index in [0.717, 1.165) is 28.4 Å². The van der Waals surface area contributed by atoms with Crippen LogP contribution in [0.1, 0.15) is 21.6 Å². The molecule has 28 heavy (non-hydrogen) atoms. The fraction of sp³-hybridized carbons (Fsp3) is 0.238. The Morgan fingerprint density at radius 2 is 2.00 bits per heavy atom. The van der Waals surface area contributed by atoms with Crippen molar-refractivity contribution in [1.82, 2.24) is 15.1 Å². The number of hydrogen-bond donors (Lipinski definition) is 1. The summed E-state index contributed by atoms with van der Waals surface area (Å²) in [6.07, 6.45) is 2.28. The fourth-order valence-electron chi connectivity index (χ4n) is 3.16. The number of nitrogens with one attached hydrogen (secondary N) is 1. The van der Waals surface area contributed by atoms with Crippen molar-refractivity contribution in [3.05, 3.63) is 70.5 Å². The van der Waals surface area contributed by atoms with E-state index in [2.05, 4.69) is 10.4 Å². The molecule has 1 amide bonds. The number of rotatable bonds is 5. The number of amides is 1. The zero-order valence-corrected chi connectivity index (χ0v) is 16.2. The Kier molecular flexibility index (Phi) is 5.21. The highest BCUT2D eigenvalue weighted by atomic mass is 35.5. The quantitative estimate of drug-likeness (QED) is 0.714. The Labute approximate surface area is 168 Å². The van der Waals surface area contributed by atoms with E-state index in [1.807, 2.05) is 43.3 Å². The maximum absolute atomic E-state index is 12.6. The van der Waals surface area contributed by atoms with E-state index < -0.39 is 0 Å². The number of hydrogen-bond acceptors (Lipinski definition) is 4. The van der Waals surface area contributed by atoms with Gasteiger partial charge in [0.1, 0.15) is 13.2 Å². The Hall–Kier alpha value is -2.99. The molecule has 0 atom stereocenters. The van der Waals surface area contributed by atoms with Crippen molar-refractivity contribution in [3.8, 4) is 17.2 Å². The minimum Gasteiger partial charge on any atom is -0.486 e. The highest BCUT2D eigenvalue weighted by Crippen LogP contribution is 2.30. The van der Waals surface area contributed by atoms with E-state index >= 15 is 0 Å². The van der Waals surface area contributed by atoms with Gasteiger partial charge in [-0.25, -0.2) is 4.68 Å². The van der Waals surface area contributed by atoms with Gasteiger partial charge in [-0.3, -0.25) is 4.79 Å². The number of carbonyl (C=O) groups excluding carboxylic acids is 1. The number of aromatic nitrogens is 2. The van der Waals surface area contributed by atoms with Gasteiger partial charge in [0.25, 0.3) is 5.91 Å². The Morgan fingerprint density at radius 1 is 1.18 bits per heavy atom. The fourth-order valence-corrected chi connectivity index (χ4v) is 3.34. The first-order chi connectivity index (χ1) is 13.6. The van der Waals surface area contributed by atoms with Gasteiger partial charge in [-0.15, -0.1) is 0 Å². The van der Waals surface area contributed by atoms with Crippen LogP contribution in [0.25, 0.3) is 5.69 Å². The Morgan fingerprint density at radius 3 is 2.82 bits per heavy atom. The number of benzene rings is 2. The van der Waals surface area contributed by atoms with Gasteiger partial charge in [0.15, 0.2) is 11.5 Å². The van der Waals surface area contributed by atoms with Crippen molar-refractivity contribution in [2.75, 3.05) is 19.8 Å². The largest absolute Gasteiger partial charge is 0.486 e. The highest BCUT2D eigenvalue weighted by molar-refractivity contribution is 6.30. The maximum atomic E-state index is 12.6. The molecule has 7 heteroatoms. The summed E-state index contributed by atoms with van der Waals surface area (Å²) < 4.78 is 12.8. The van der Waals surface area contributed by atoms with Gasteiger partial charge >= 0.3 is 0 Å². The second kappa shape index (κ2) is 7.94. The van der Waals surface area contributed by atoms with Crippen LogP contribution in [0.15, 0.2) is 48.7 Å². The lowest BCUT2D eigenvalue weighted by Gasteiger charge is -2.18. The molecule has 144 valence electrons. The molecule has 0 spiro atoms. The zero-order chi connectivity index (χ0) is 19.5. The van der Waals surface area contributed by atoms with Gasteiger partial charge in [0, 0.05) is 11.6 Å². The summed E-state index contributed by atoms with van der Waals surface area (Å²) >= 11 is 6.05. The summed E-state index contributed by atoms with van der Waals surface area (Å²) in [6, 6.07) is 13.2. The first kappa shape index (κ1) is 18.4. The van der Waals surface area contributed by atoms with Crippen molar-refractivity contribution >= 4 is 17.5 Å². The van der Waals surface area contributed by atoms with Gasteiger partial charge < -0.3 is 14.8 Å². The molecule has 1 aliphatic rings. The summed E-state index contributed by atoms with van der Waals surface area (Å²) in [6.45, 7) is 3.51. The zero-order valence-electron chi connectivity index (χ0n) is 15.4. The second-order valence-corrected chi connectivity index (χ2v) is 6.96. The average molecular weight is 398 g/mol. The van der Waals surface area contributed by atoms with Gasteiger partial charge in [-0.1, -0.05) is 23.7 Å².